The van der Waals surface area contributed by atoms with Gasteiger partial charge in [-0.05, 0) is 37.1 Å². The van der Waals surface area contributed by atoms with E-state index in [4.69, 9.17) is 0 Å². The summed E-state index contributed by atoms with van der Waals surface area (Å²) in [5.74, 6) is 0.0296. The molecular weight excluding hydrogens is 364 g/mol. The number of Topliss-reactive ketones (excluding diaryl/α,β-unsaturated/α-hetero) is 1. The van der Waals surface area contributed by atoms with Gasteiger partial charge in [-0.25, -0.2) is 0 Å². The molecule has 0 radical (unpaired) electrons. The highest BCUT2D eigenvalue weighted by Crippen LogP contribution is 2.42. The summed E-state index contributed by atoms with van der Waals surface area (Å²) in [7, 11) is 0. The van der Waals surface area contributed by atoms with Crippen molar-refractivity contribution in [2.75, 3.05) is 13.1 Å². The number of fused-ring (bicyclic) bond motifs is 1. The smallest absolute Gasteiger partial charge is 0.269 e. The summed E-state index contributed by atoms with van der Waals surface area (Å²) in [6, 6.07) is 14.3. The second-order valence-electron chi connectivity index (χ2n) is 8.55. The van der Waals surface area contributed by atoms with E-state index < -0.39 is 0 Å². The molecule has 0 N–H and O–H groups in total. The fourth-order valence-corrected chi connectivity index (χ4v) is 4.71. The first-order chi connectivity index (χ1) is 13.9. The minimum Gasteiger partial charge on any atom is -0.292 e. The van der Waals surface area contributed by atoms with Gasteiger partial charge in [0.25, 0.3) is 5.69 Å². The molecule has 2 aromatic rings. The van der Waals surface area contributed by atoms with E-state index in [0.29, 0.717) is 0 Å². The molecule has 5 heteroatoms. The Balaban J connectivity index is 1.86. The third-order valence-electron chi connectivity index (χ3n) is 6.09. The molecule has 0 spiro atoms. The normalized spacial score (nSPS) is 19.9. The molecule has 1 atom stereocenters. The molecule has 2 aliphatic rings. The van der Waals surface area contributed by atoms with Gasteiger partial charge in [-0.1, -0.05) is 62.7 Å². The van der Waals surface area contributed by atoms with Crippen LogP contribution in [0.3, 0.4) is 0 Å². The van der Waals surface area contributed by atoms with Crippen molar-refractivity contribution in [1.82, 2.24) is 4.90 Å². The molecule has 5 nitrogen and oxygen atoms in total. The molecule has 0 bridgehead atoms. The zero-order chi connectivity index (χ0) is 20.6. The molecule has 1 unspecified atom stereocenters. The first-order valence-electron chi connectivity index (χ1n) is 10.2. The van der Waals surface area contributed by atoms with Crippen LogP contribution < -0.4 is 0 Å². The lowest BCUT2D eigenvalue weighted by molar-refractivity contribution is -0.384. The largest absolute Gasteiger partial charge is 0.292 e. The first-order valence-corrected chi connectivity index (χ1v) is 10.2. The number of hydrogen-bond donors (Lipinski definition) is 0. The van der Waals surface area contributed by atoms with Crippen molar-refractivity contribution >= 4 is 11.5 Å². The highest BCUT2D eigenvalue weighted by atomic mass is 16.6. The van der Waals surface area contributed by atoms with Crippen LogP contribution in [-0.4, -0.2) is 28.7 Å². The molecule has 1 saturated heterocycles. The monoisotopic (exact) mass is 390 g/mol. The van der Waals surface area contributed by atoms with E-state index >= 15 is 0 Å². The van der Waals surface area contributed by atoms with Crippen LogP contribution in [0, 0.1) is 10.1 Å². The number of piperidine rings is 1. The second-order valence-corrected chi connectivity index (χ2v) is 8.55. The summed E-state index contributed by atoms with van der Waals surface area (Å²) >= 11 is 0. The summed E-state index contributed by atoms with van der Waals surface area (Å²) in [6.07, 6.45) is 5.41. The Morgan fingerprint density at radius 1 is 1.03 bits per heavy atom. The number of benzene rings is 2. The van der Waals surface area contributed by atoms with E-state index in [1.54, 1.807) is 12.1 Å². The van der Waals surface area contributed by atoms with Crippen LogP contribution in [0.25, 0.3) is 0 Å². The van der Waals surface area contributed by atoms with Gasteiger partial charge in [-0.2, -0.15) is 0 Å². The van der Waals surface area contributed by atoms with Crippen molar-refractivity contribution in [3.8, 4) is 0 Å². The zero-order valence-corrected chi connectivity index (χ0v) is 16.9. The lowest BCUT2D eigenvalue weighted by Crippen LogP contribution is -2.38. The Labute approximate surface area is 171 Å². The lowest BCUT2D eigenvalue weighted by Gasteiger charge is -2.39. The number of rotatable bonds is 4. The van der Waals surface area contributed by atoms with Gasteiger partial charge in [0.15, 0.2) is 5.78 Å². The van der Waals surface area contributed by atoms with E-state index in [-0.39, 0.29) is 27.9 Å². The Bertz CT molecular complexity index is 987. The number of nitrogens with zero attached hydrogens (tertiary/aromatic N) is 2. The maximum absolute atomic E-state index is 13.6. The van der Waals surface area contributed by atoms with E-state index in [1.165, 1.54) is 12.5 Å². The van der Waals surface area contributed by atoms with E-state index in [2.05, 4.69) is 24.8 Å². The van der Waals surface area contributed by atoms with Gasteiger partial charge in [0.2, 0.25) is 0 Å². The third kappa shape index (κ3) is 3.62. The van der Waals surface area contributed by atoms with Gasteiger partial charge in [-0.3, -0.25) is 19.8 Å². The topological polar surface area (TPSA) is 63.5 Å². The van der Waals surface area contributed by atoms with Crippen LogP contribution in [0.1, 0.15) is 60.6 Å². The molecule has 4 rings (SSSR count). The molecule has 2 aromatic carbocycles. The average molecular weight is 390 g/mol. The average Bonchev–Trinajstić information content (AvgIpc) is 2.73. The fourth-order valence-electron chi connectivity index (χ4n) is 4.71. The van der Waals surface area contributed by atoms with Gasteiger partial charge < -0.3 is 0 Å². The van der Waals surface area contributed by atoms with Crippen molar-refractivity contribution in [1.29, 1.82) is 0 Å². The molecule has 0 amide bonds. The number of ketones is 1. The number of carbonyl (C=O) groups excluding carboxylic acids is 1. The summed E-state index contributed by atoms with van der Waals surface area (Å²) in [5, 5.41) is 11.4. The van der Waals surface area contributed by atoms with Crippen molar-refractivity contribution < 1.29 is 9.72 Å². The Morgan fingerprint density at radius 3 is 2.48 bits per heavy atom. The Kier molecular flexibility index (Phi) is 5.09. The fraction of sp³-hybridized carbons (Fsp3) is 0.375. The van der Waals surface area contributed by atoms with Crippen molar-refractivity contribution in [2.24, 2.45) is 0 Å². The molecule has 1 aliphatic carbocycles. The summed E-state index contributed by atoms with van der Waals surface area (Å²) in [4.78, 5) is 26.9. The Morgan fingerprint density at radius 2 is 1.76 bits per heavy atom. The predicted octanol–water partition coefficient (Wildman–Crippen LogP) is 5.22. The zero-order valence-electron chi connectivity index (χ0n) is 16.9. The van der Waals surface area contributed by atoms with Crippen molar-refractivity contribution in [3.63, 3.8) is 0 Å². The standard InChI is InChI=1S/C24H26N2O3/c1-24(2)16-20(23(27)19-11-4-5-12-21(19)24)22(25-13-6-3-7-14-25)17-9-8-10-18(15-17)26(28)29/h4-5,8-12,15-16,22H,3,6-7,13-14H2,1-2H3. The number of likely N-dealkylation sites (tertiary alicyclic amines) is 1. The molecule has 1 fully saturated rings. The van der Waals surface area contributed by atoms with E-state index in [9.17, 15) is 14.9 Å². The van der Waals surface area contributed by atoms with Gasteiger partial charge in [0.05, 0.1) is 11.0 Å². The van der Waals surface area contributed by atoms with Crippen LogP contribution in [0.4, 0.5) is 5.69 Å². The van der Waals surface area contributed by atoms with Crippen LogP contribution in [0.2, 0.25) is 0 Å². The molecule has 29 heavy (non-hydrogen) atoms. The summed E-state index contributed by atoms with van der Waals surface area (Å²) < 4.78 is 0. The van der Waals surface area contributed by atoms with Crippen LogP contribution in [-0.2, 0) is 5.41 Å². The van der Waals surface area contributed by atoms with E-state index in [0.717, 1.165) is 48.2 Å². The molecule has 150 valence electrons. The Hall–Kier alpha value is -2.79. The maximum Gasteiger partial charge on any atom is 0.269 e. The SMILES string of the molecule is CC1(C)C=C(C(c2cccc([N+](=O)[O-])c2)N2CCCCC2)C(=O)c2ccccc21. The van der Waals surface area contributed by atoms with Gasteiger partial charge in [0.1, 0.15) is 0 Å². The number of nitro benzene ring substituents is 1. The van der Waals surface area contributed by atoms with E-state index in [1.807, 2.05) is 30.3 Å². The van der Waals surface area contributed by atoms with Crippen molar-refractivity contribution in [2.45, 2.75) is 44.6 Å². The highest BCUT2D eigenvalue weighted by molar-refractivity contribution is 6.12. The number of non-ortho nitro benzene ring substituents is 1. The van der Waals surface area contributed by atoms with Gasteiger partial charge in [0, 0.05) is 28.7 Å². The predicted molar refractivity (Wildman–Crippen MR) is 113 cm³/mol. The quantitative estimate of drug-likeness (QED) is 0.530. The molecule has 0 saturated carbocycles. The maximum atomic E-state index is 13.6. The number of carbonyl (C=O) groups is 1. The molecular formula is C24H26N2O3. The lowest BCUT2D eigenvalue weighted by atomic mass is 9.72. The van der Waals surface area contributed by atoms with Crippen LogP contribution >= 0.6 is 0 Å². The summed E-state index contributed by atoms with van der Waals surface area (Å²) in [5.41, 5.74) is 3.10. The van der Waals surface area contributed by atoms with Crippen LogP contribution in [0.5, 0.6) is 0 Å². The van der Waals surface area contributed by atoms with Gasteiger partial charge >= 0.3 is 0 Å². The first kappa shape index (κ1) is 19.5. The van der Waals surface area contributed by atoms with Crippen LogP contribution in [0.15, 0.2) is 60.2 Å². The minimum absolute atomic E-state index is 0.0296. The van der Waals surface area contributed by atoms with Gasteiger partial charge in [-0.15, -0.1) is 0 Å². The number of nitro groups is 1. The van der Waals surface area contributed by atoms with Crippen molar-refractivity contribution in [3.05, 3.63) is 87.0 Å². The second kappa shape index (κ2) is 7.56. The minimum atomic E-state index is -0.368. The highest BCUT2D eigenvalue weighted by Gasteiger charge is 2.38. The molecule has 0 aromatic heterocycles. The molecule has 1 aliphatic heterocycles. The summed E-state index contributed by atoms with van der Waals surface area (Å²) in [6.45, 7) is 6.03. The number of allylic oxidation sites excluding steroid dienone is 1. The third-order valence-corrected chi connectivity index (χ3v) is 6.09. The molecule has 1 heterocycles. The number of hydrogen-bond acceptors (Lipinski definition) is 4.